The van der Waals surface area contributed by atoms with Crippen molar-refractivity contribution in [1.29, 1.82) is 0 Å². The maximum absolute atomic E-state index is 14.3. The second-order valence-corrected chi connectivity index (χ2v) is 5.79. The molecular weight excluding hydrogens is 335 g/mol. The molecule has 0 heterocycles. The first-order valence-corrected chi connectivity index (χ1v) is 7.34. The Bertz CT molecular complexity index is 641. The topological polar surface area (TPSA) is 47.3 Å². The van der Waals surface area contributed by atoms with E-state index in [1.807, 2.05) is 26.0 Å². The Hall–Kier alpha value is -1.43. The number of hydrogen-bond donors (Lipinski definition) is 2. The number of ether oxygens (including phenoxy) is 1. The van der Waals surface area contributed by atoms with E-state index < -0.39 is 6.04 Å². The molecule has 1 atom stereocenters. The molecule has 0 bridgehead atoms. The first-order chi connectivity index (χ1) is 9.99. The van der Waals surface area contributed by atoms with Crippen LogP contribution >= 0.6 is 15.9 Å². The van der Waals surface area contributed by atoms with Gasteiger partial charge in [0.2, 0.25) is 0 Å². The van der Waals surface area contributed by atoms with E-state index in [1.54, 1.807) is 19.2 Å². The first-order valence-electron chi connectivity index (χ1n) is 6.54. The lowest BCUT2D eigenvalue weighted by molar-refractivity contribution is 0.402. The lowest BCUT2D eigenvalue weighted by atomic mass is 9.93. The molecule has 21 heavy (non-hydrogen) atoms. The third-order valence-corrected chi connectivity index (χ3v) is 4.15. The molecule has 112 valence electrons. The third kappa shape index (κ3) is 3.10. The van der Waals surface area contributed by atoms with Crippen LogP contribution in [0.5, 0.6) is 5.75 Å². The molecule has 0 saturated carbocycles. The molecule has 1 unspecified atom stereocenters. The van der Waals surface area contributed by atoms with Crippen LogP contribution in [-0.4, -0.2) is 7.11 Å². The lowest BCUT2D eigenvalue weighted by Gasteiger charge is -2.23. The Kier molecular flexibility index (Phi) is 4.98. The SMILES string of the molecule is COc1cc(C)cc(C)c1C(NN)c1c(F)cccc1Br. The van der Waals surface area contributed by atoms with Crippen molar-refractivity contribution in [3.63, 3.8) is 0 Å². The van der Waals surface area contributed by atoms with Gasteiger partial charge in [0.25, 0.3) is 0 Å². The predicted molar refractivity (Wildman–Crippen MR) is 85.7 cm³/mol. The van der Waals surface area contributed by atoms with Gasteiger partial charge < -0.3 is 4.74 Å². The number of rotatable bonds is 4. The van der Waals surface area contributed by atoms with Crippen LogP contribution in [0.3, 0.4) is 0 Å². The van der Waals surface area contributed by atoms with Gasteiger partial charge in [-0.3, -0.25) is 5.84 Å². The van der Waals surface area contributed by atoms with E-state index in [9.17, 15) is 4.39 Å². The summed E-state index contributed by atoms with van der Waals surface area (Å²) in [5.41, 5.74) is 6.07. The molecule has 3 nitrogen and oxygen atoms in total. The Labute approximate surface area is 132 Å². The second-order valence-electron chi connectivity index (χ2n) is 4.93. The summed E-state index contributed by atoms with van der Waals surface area (Å²) in [7, 11) is 1.60. The van der Waals surface area contributed by atoms with E-state index in [2.05, 4.69) is 21.4 Å². The van der Waals surface area contributed by atoms with Crippen LogP contribution in [0.15, 0.2) is 34.8 Å². The number of hydrogen-bond acceptors (Lipinski definition) is 3. The highest BCUT2D eigenvalue weighted by Gasteiger charge is 2.24. The molecule has 2 rings (SSSR count). The van der Waals surface area contributed by atoms with E-state index >= 15 is 0 Å². The fraction of sp³-hybridized carbons (Fsp3) is 0.250. The molecule has 3 N–H and O–H groups in total. The summed E-state index contributed by atoms with van der Waals surface area (Å²) in [4.78, 5) is 0. The number of nitrogens with one attached hydrogen (secondary N) is 1. The molecule has 0 aliphatic rings. The van der Waals surface area contributed by atoms with Gasteiger partial charge in [-0.15, -0.1) is 0 Å². The van der Waals surface area contributed by atoms with E-state index in [4.69, 9.17) is 10.6 Å². The number of aryl methyl sites for hydroxylation is 2. The summed E-state index contributed by atoms with van der Waals surface area (Å²) < 4.78 is 20.4. The molecule has 0 radical (unpaired) electrons. The first kappa shape index (κ1) is 15.9. The van der Waals surface area contributed by atoms with Crippen LogP contribution in [0, 0.1) is 19.7 Å². The van der Waals surface area contributed by atoms with Gasteiger partial charge in [-0.1, -0.05) is 28.1 Å². The third-order valence-electron chi connectivity index (χ3n) is 3.46. The fourth-order valence-electron chi connectivity index (χ4n) is 2.58. The van der Waals surface area contributed by atoms with Gasteiger partial charge >= 0.3 is 0 Å². The zero-order valence-corrected chi connectivity index (χ0v) is 13.8. The molecule has 0 aliphatic heterocycles. The molecule has 0 aromatic heterocycles. The van der Waals surface area contributed by atoms with E-state index in [1.165, 1.54) is 6.07 Å². The van der Waals surface area contributed by atoms with Crippen LogP contribution in [-0.2, 0) is 0 Å². The van der Waals surface area contributed by atoms with Gasteiger partial charge in [0.15, 0.2) is 0 Å². The predicted octanol–water partition coefficient (Wildman–Crippen LogP) is 3.77. The van der Waals surface area contributed by atoms with E-state index in [0.717, 1.165) is 16.7 Å². The molecule has 2 aromatic rings. The summed E-state index contributed by atoms with van der Waals surface area (Å²) in [5.74, 6) is 6.07. The summed E-state index contributed by atoms with van der Waals surface area (Å²) in [6.45, 7) is 3.95. The summed E-state index contributed by atoms with van der Waals surface area (Å²) in [6.07, 6.45) is 0. The van der Waals surface area contributed by atoms with Crippen molar-refractivity contribution in [2.75, 3.05) is 7.11 Å². The normalized spacial score (nSPS) is 12.3. The lowest BCUT2D eigenvalue weighted by Crippen LogP contribution is -2.30. The van der Waals surface area contributed by atoms with Crippen molar-refractivity contribution in [3.05, 3.63) is 62.9 Å². The number of benzene rings is 2. The number of hydrazine groups is 1. The average molecular weight is 353 g/mol. The monoisotopic (exact) mass is 352 g/mol. The smallest absolute Gasteiger partial charge is 0.129 e. The number of methoxy groups -OCH3 is 1. The van der Waals surface area contributed by atoms with Crippen LogP contribution in [0.4, 0.5) is 4.39 Å². The molecule has 2 aromatic carbocycles. The molecule has 0 saturated heterocycles. The van der Waals surface area contributed by atoms with Crippen molar-refractivity contribution in [3.8, 4) is 5.75 Å². The Balaban J connectivity index is 2.68. The van der Waals surface area contributed by atoms with Crippen LogP contribution in [0.1, 0.15) is 28.3 Å². The van der Waals surface area contributed by atoms with Crippen LogP contribution in [0.25, 0.3) is 0 Å². The van der Waals surface area contributed by atoms with Crippen molar-refractivity contribution in [2.45, 2.75) is 19.9 Å². The van der Waals surface area contributed by atoms with Gasteiger partial charge in [0.1, 0.15) is 11.6 Å². The maximum atomic E-state index is 14.3. The molecule has 0 fully saturated rings. The maximum Gasteiger partial charge on any atom is 0.129 e. The molecule has 0 aliphatic carbocycles. The Morgan fingerprint density at radius 2 is 1.95 bits per heavy atom. The van der Waals surface area contributed by atoms with Gasteiger partial charge in [-0.25, -0.2) is 9.82 Å². The number of nitrogens with two attached hydrogens (primary N) is 1. The van der Waals surface area contributed by atoms with Crippen molar-refractivity contribution in [2.24, 2.45) is 5.84 Å². The van der Waals surface area contributed by atoms with Gasteiger partial charge in [-0.05, 0) is 43.2 Å². The highest BCUT2D eigenvalue weighted by atomic mass is 79.9. The van der Waals surface area contributed by atoms with Crippen molar-refractivity contribution >= 4 is 15.9 Å². The van der Waals surface area contributed by atoms with Gasteiger partial charge in [0, 0.05) is 15.6 Å². The van der Waals surface area contributed by atoms with Crippen LogP contribution in [0.2, 0.25) is 0 Å². The van der Waals surface area contributed by atoms with Crippen molar-refractivity contribution < 1.29 is 9.13 Å². The zero-order chi connectivity index (χ0) is 15.6. The second kappa shape index (κ2) is 6.56. The largest absolute Gasteiger partial charge is 0.496 e. The van der Waals surface area contributed by atoms with Crippen molar-refractivity contribution in [1.82, 2.24) is 5.43 Å². The van der Waals surface area contributed by atoms with Gasteiger partial charge in [0.05, 0.1) is 13.2 Å². The highest BCUT2D eigenvalue weighted by Crippen LogP contribution is 2.37. The van der Waals surface area contributed by atoms with E-state index in [-0.39, 0.29) is 5.82 Å². The minimum Gasteiger partial charge on any atom is -0.496 e. The molecule has 5 heteroatoms. The Morgan fingerprint density at radius 1 is 1.24 bits per heavy atom. The Morgan fingerprint density at radius 3 is 2.52 bits per heavy atom. The molecule has 0 spiro atoms. The highest BCUT2D eigenvalue weighted by molar-refractivity contribution is 9.10. The number of halogens is 2. The quantitative estimate of drug-likeness (QED) is 0.650. The zero-order valence-electron chi connectivity index (χ0n) is 12.2. The van der Waals surface area contributed by atoms with Crippen LogP contribution < -0.4 is 16.0 Å². The van der Waals surface area contributed by atoms with E-state index in [0.29, 0.717) is 15.8 Å². The summed E-state index contributed by atoms with van der Waals surface area (Å²) in [5, 5.41) is 0. The summed E-state index contributed by atoms with van der Waals surface area (Å²) >= 11 is 3.39. The molecule has 0 amide bonds. The fourth-order valence-corrected chi connectivity index (χ4v) is 3.15. The molecular formula is C16H18BrFN2O. The van der Waals surface area contributed by atoms with Gasteiger partial charge in [-0.2, -0.15) is 0 Å². The minimum absolute atomic E-state index is 0.325. The summed E-state index contributed by atoms with van der Waals surface area (Å²) in [6, 6.07) is 8.30. The minimum atomic E-state index is -0.504. The average Bonchev–Trinajstić information content (AvgIpc) is 2.43. The standard InChI is InChI=1S/C16H18BrFN2O/c1-9-7-10(2)14(13(8-9)21-3)16(20-19)15-11(17)5-4-6-12(15)18/h4-8,16,20H,19H2,1-3H3.